The summed E-state index contributed by atoms with van der Waals surface area (Å²) in [7, 11) is -3.80. The van der Waals surface area contributed by atoms with Crippen LogP contribution in [0.25, 0.3) is 17.1 Å². The Kier molecular flexibility index (Phi) is 4.93. The third-order valence-electron chi connectivity index (χ3n) is 5.14. The minimum atomic E-state index is -4.78. The molecule has 0 aliphatic heterocycles. The van der Waals surface area contributed by atoms with Crippen molar-refractivity contribution in [3.8, 4) is 0 Å². The summed E-state index contributed by atoms with van der Waals surface area (Å²) in [6, 6.07) is 5.70. The van der Waals surface area contributed by atoms with Gasteiger partial charge in [-0.15, -0.1) is 12.6 Å². The Bertz CT molecular complexity index is 1380. The Labute approximate surface area is 180 Å². The minimum absolute atomic E-state index is 0.0221. The molecule has 0 spiro atoms. The SMILES string of the molecule is CS(=O)(=O)c1cccc2c1C=C(C(F)(F)F)C2n1c(S)c(CC(=O)O)c2cccnc21. The maximum atomic E-state index is 14.1. The van der Waals surface area contributed by atoms with Crippen molar-refractivity contribution in [3.63, 3.8) is 0 Å². The molecule has 0 amide bonds. The number of fused-ring (bicyclic) bond motifs is 2. The average molecular weight is 468 g/mol. The molecule has 0 fully saturated rings. The fourth-order valence-electron chi connectivity index (χ4n) is 3.95. The first kappa shape index (κ1) is 21.4. The second kappa shape index (κ2) is 7.13. The molecule has 1 aromatic carbocycles. The van der Waals surface area contributed by atoms with Crippen molar-refractivity contribution in [1.29, 1.82) is 0 Å². The first-order chi connectivity index (χ1) is 14.4. The van der Waals surface area contributed by atoms with E-state index >= 15 is 0 Å². The quantitative estimate of drug-likeness (QED) is 0.567. The zero-order valence-electron chi connectivity index (χ0n) is 15.9. The number of carboxylic acid groups (broad SMARTS) is 1. The molecule has 1 atom stereocenters. The number of aromatic nitrogens is 2. The Morgan fingerprint density at radius 2 is 1.97 bits per heavy atom. The van der Waals surface area contributed by atoms with Crippen LogP contribution in [0.15, 0.2) is 52.0 Å². The lowest BCUT2D eigenvalue weighted by molar-refractivity contribution is -0.136. The average Bonchev–Trinajstić information content (AvgIpc) is 3.16. The predicted molar refractivity (Wildman–Crippen MR) is 110 cm³/mol. The Morgan fingerprint density at radius 3 is 2.58 bits per heavy atom. The number of halogens is 3. The van der Waals surface area contributed by atoms with Crippen molar-refractivity contribution in [2.45, 2.75) is 28.6 Å². The molecule has 1 aliphatic carbocycles. The number of carbonyl (C=O) groups is 1. The molecule has 4 rings (SSSR count). The van der Waals surface area contributed by atoms with Gasteiger partial charge in [-0.1, -0.05) is 12.1 Å². The van der Waals surface area contributed by atoms with Crippen molar-refractivity contribution < 1.29 is 31.5 Å². The standard InChI is InChI=1S/C20H15F3N2O4S2/c1-31(28,29)15-6-2-4-10-12(15)8-14(20(21,22)23)17(10)25-18-11(5-3-7-24-18)13(19(25)30)9-16(26)27/h2-8,17,30H,9H2,1H3,(H,26,27). The number of nitrogens with zero attached hydrogens (tertiary/aromatic N) is 2. The first-order valence-electron chi connectivity index (χ1n) is 8.91. The van der Waals surface area contributed by atoms with Crippen LogP contribution in [0.4, 0.5) is 13.2 Å². The zero-order chi connectivity index (χ0) is 22.7. The molecule has 2 aromatic heterocycles. The van der Waals surface area contributed by atoms with E-state index in [1.807, 2.05) is 0 Å². The van der Waals surface area contributed by atoms with E-state index < -0.39 is 40.0 Å². The number of rotatable bonds is 4. The maximum absolute atomic E-state index is 14.1. The van der Waals surface area contributed by atoms with Crippen LogP contribution < -0.4 is 0 Å². The summed E-state index contributed by atoms with van der Waals surface area (Å²) in [5, 5.41) is 9.66. The number of alkyl halides is 3. The number of thiol groups is 1. The summed E-state index contributed by atoms with van der Waals surface area (Å²) in [6.45, 7) is 0. The highest BCUT2D eigenvalue weighted by Gasteiger charge is 2.46. The van der Waals surface area contributed by atoms with Crippen LogP contribution in [-0.4, -0.2) is 41.5 Å². The van der Waals surface area contributed by atoms with Crippen LogP contribution in [0.2, 0.25) is 0 Å². The highest BCUT2D eigenvalue weighted by molar-refractivity contribution is 7.90. The fraction of sp³-hybridized carbons (Fsp3) is 0.200. The monoisotopic (exact) mass is 468 g/mol. The molecule has 162 valence electrons. The molecule has 3 aromatic rings. The summed E-state index contributed by atoms with van der Waals surface area (Å²) in [6.07, 6.45) is -2.09. The van der Waals surface area contributed by atoms with Crippen molar-refractivity contribution >= 4 is 45.5 Å². The topological polar surface area (TPSA) is 89.3 Å². The highest BCUT2D eigenvalue weighted by atomic mass is 32.2. The number of sulfone groups is 1. The smallest absolute Gasteiger partial charge is 0.415 e. The van der Waals surface area contributed by atoms with Crippen LogP contribution in [0, 0.1) is 0 Å². The van der Waals surface area contributed by atoms with Gasteiger partial charge in [-0.05, 0) is 35.4 Å². The van der Waals surface area contributed by atoms with Crippen LogP contribution in [0.1, 0.15) is 22.7 Å². The van der Waals surface area contributed by atoms with Gasteiger partial charge in [0.25, 0.3) is 0 Å². The molecule has 1 unspecified atom stereocenters. The number of carboxylic acids is 1. The van der Waals surface area contributed by atoms with Gasteiger partial charge in [0.05, 0.1) is 28.0 Å². The maximum Gasteiger partial charge on any atom is 0.415 e. The molecule has 0 saturated heterocycles. The van der Waals surface area contributed by atoms with Gasteiger partial charge >= 0.3 is 12.1 Å². The highest BCUT2D eigenvalue weighted by Crippen LogP contribution is 2.49. The van der Waals surface area contributed by atoms with E-state index in [2.05, 4.69) is 17.6 Å². The molecule has 2 heterocycles. The molecule has 6 nitrogen and oxygen atoms in total. The molecule has 1 N–H and O–H groups in total. The fourth-order valence-corrected chi connectivity index (χ4v) is 5.27. The van der Waals surface area contributed by atoms with Crippen molar-refractivity contribution in [3.05, 3.63) is 58.8 Å². The molecule has 11 heteroatoms. The van der Waals surface area contributed by atoms with Gasteiger partial charge in [-0.2, -0.15) is 13.2 Å². The third-order valence-corrected chi connectivity index (χ3v) is 6.78. The molecule has 1 aliphatic rings. The van der Waals surface area contributed by atoms with E-state index in [4.69, 9.17) is 0 Å². The van der Waals surface area contributed by atoms with Crippen molar-refractivity contribution in [2.24, 2.45) is 0 Å². The van der Waals surface area contributed by atoms with Gasteiger partial charge < -0.3 is 9.67 Å². The zero-order valence-corrected chi connectivity index (χ0v) is 17.6. The van der Waals surface area contributed by atoms with Crippen LogP contribution in [0.5, 0.6) is 0 Å². The lowest BCUT2D eigenvalue weighted by Gasteiger charge is -2.23. The number of pyridine rings is 1. The second-order valence-electron chi connectivity index (χ2n) is 7.15. The van der Waals surface area contributed by atoms with Gasteiger partial charge in [0.2, 0.25) is 0 Å². The second-order valence-corrected chi connectivity index (χ2v) is 9.56. The van der Waals surface area contributed by atoms with Crippen molar-refractivity contribution in [2.75, 3.05) is 6.26 Å². The number of aliphatic carboxylic acids is 1. The molecule has 31 heavy (non-hydrogen) atoms. The van der Waals surface area contributed by atoms with E-state index in [9.17, 15) is 31.5 Å². The molecular formula is C20H15F3N2O4S2. The van der Waals surface area contributed by atoms with Gasteiger partial charge in [-0.25, -0.2) is 13.4 Å². The van der Waals surface area contributed by atoms with Gasteiger partial charge in [0.15, 0.2) is 9.84 Å². The summed E-state index contributed by atoms with van der Waals surface area (Å²) in [5.41, 5.74) is -0.560. The van der Waals surface area contributed by atoms with E-state index in [0.717, 1.165) is 12.3 Å². The normalized spacial score (nSPS) is 16.4. The summed E-state index contributed by atoms with van der Waals surface area (Å²) in [5.74, 6) is -1.17. The van der Waals surface area contributed by atoms with E-state index in [-0.39, 0.29) is 32.3 Å². The number of hydrogen-bond donors (Lipinski definition) is 2. The predicted octanol–water partition coefficient (Wildman–Crippen LogP) is 3.90. The summed E-state index contributed by atoms with van der Waals surface area (Å²) < 4.78 is 67.8. The minimum Gasteiger partial charge on any atom is -0.481 e. The van der Waals surface area contributed by atoms with Crippen LogP contribution in [0.3, 0.4) is 0 Å². The van der Waals surface area contributed by atoms with E-state index in [0.29, 0.717) is 5.39 Å². The summed E-state index contributed by atoms with van der Waals surface area (Å²) >= 11 is 4.38. The van der Waals surface area contributed by atoms with Gasteiger partial charge in [-0.3, -0.25) is 4.79 Å². The van der Waals surface area contributed by atoms with Crippen LogP contribution in [-0.2, 0) is 21.1 Å². The van der Waals surface area contributed by atoms with Gasteiger partial charge in [0, 0.05) is 23.4 Å². The first-order valence-corrected chi connectivity index (χ1v) is 11.3. The molecule has 0 radical (unpaired) electrons. The van der Waals surface area contributed by atoms with E-state index in [1.54, 1.807) is 12.1 Å². The van der Waals surface area contributed by atoms with E-state index in [1.165, 1.54) is 29.0 Å². The van der Waals surface area contributed by atoms with Gasteiger partial charge in [0.1, 0.15) is 5.65 Å². The lowest BCUT2D eigenvalue weighted by Crippen LogP contribution is -2.22. The molecule has 0 saturated carbocycles. The van der Waals surface area contributed by atoms with Crippen LogP contribution >= 0.6 is 12.6 Å². The Balaban J connectivity index is 2.08. The number of allylic oxidation sites excluding steroid dienone is 1. The third kappa shape index (κ3) is 3.51. The number of hydrogen-bond acceptors (Lipinski definition) is 5. The molecular weight excluding hydrogens is 453 g/mol. The Morgan fingerprint density at radius 1 is 1.26 bits per heavy atom. The molecule has 0 bridgehead atoms. The van der Waals surface area contributed by atoms with Crippen molar-refractivity contribution in [1.82, 2.24) is 9.55 Å². The largest absolute Gasteiger partial charge is 0.481 e. The number of benzene rings is 1. The lowest BCUT2D eigenvalue weighted by atomic mass is 10.0. The Hall–Kier alpha value is -2.79. The summed E-state index contributed by atoms with van der Waals surface area (Å²) in [4.78, 5) is 15.3.